The van der Waals surface area contributed by atoms with Gasteiger partial charge in [-0.1, -0.05) is 12.1 Å². The maximum atomic E-state index is 12.1. The summed E-state index contributed by atoms with van der Waals surface area (Å²) >= 11 is 0. The lowest BCUT2D eigenvalue weighted by molar-refractivity contribution is 0.105. The van der Waals surface area contributed by atoms with Crippen LogP contribution in [0.15, 0.2) is 30.3 Å². The third kappa shape index (κ3) is 4.98. The van der Waals surface area contributed by atoms with Crippen LogP contribution in [0.25, 0.3) is 10.9 Å². The fourth-order valence-electron chi connectivity index (χ4n) is 4.65. The summed E-state index contributed by atoms with van der Waals surface area (Å²) in [4.78, 5) is 25.4. The van der Waals surface area contributed by atoms with E-state index < -0.39 is 0 Å². The number of amides is 1. The molecule has 3 aromatic rings. The fraction of sp³-hybridized carbons (Fsp3) is 0.407. The molecule has 4 rings (SSSR count). The largest absolute Gasteiger partial charge is 0.495 e. The van der Waals surface area contributed by atoms with Gasteiger partial charge in [0.25, 0.3) is 0 Å². The first-order valence-electron chi connectivity index (χ1n) is 12.1. The Hall–Kier alpha value is -4.06. The van der Waals surface area contributed by atoms with Crippen LogP contribution in [0.1, 0.15) is 42.4 Å². The second-order valence-electron chi connectivity index (χ2n) is 8.83. The monoisotopic (exact) mass is 488 g/mol. The standard InChI is InChI=1S/C27H32N6O3/c1-6-36-27(34)33-12-10-32(11-13-33)24-14-22-23(15-25(24)35-5)30-19(4)31-26(22)29-18(3)21-9-7-8-20(16-28)17(21)2/h7-9,14-15,18H,6,10-13H2,1-5H3,(H,29,30,31). The highest BCUT2D eigenvalue weighted by atomic mass is 16.6. The van der Waals surface area contributed by atoms with E-state index >= 15 is 0 Å². The van der Waals surface area contributed by atoms with Gasteiger partial charge in [0, 0.05) is 37.6 Å². The smallest absolute Gasteiger partial charge is 0.409 e. The number of ether oxygens (including phenoxy) is 2. The number of benzene rings is 2. The molecule has 0 saturated carbocycles. The number of carbonyl (C=O) groups is 1. The van der Waals surface area contributed by atoms with Crippen molar-refractivity contribution in [2.75, 3.05) is 50.1 Å². The number of hydrogen-bond acceptors (Lipinski definition) is 8. The molecule has 1 aromatic heterocycles. The summed E-state index contributed by atoms with van der Waals surface area (Å²) in [7, 11) is 1.65. The highest BCUT2D eigenvalue weighted by molar-refractivity contribution is 5.94. The number of nitrogens with one attached hydrogen (secondary N) is 1. The van der Waals surface area contributed by atoms with E-state index in [4.69, 9.17) is 14.5 Å². The Morgan fingerprint density at radius 1 is 1.19 bits per heavy atom. The van der Waals surface area contributed by atoms with Gasteiger partial charge in [-0.25, -0.2) is 14.8 Å². The molecule has 1 saturated heterocycles. The second-order valence-corrected chi connectivity index (χ2v) is 8.83. The molecule has 0 bridgehead atoms. The van der Waals surface area contributed by atoms with E-state index in [0.717, 1.165) is 39.3 Å². The van der Waals surface area contributed by atoms with Gasteiger partial charge in [-0.15, -0.1) is 0 Å². The maximum absolute atomic E-state index is 12.1. The molecule has 9 nitrogen and oxygen atoms in total. The average molecular weight is 489 g/mol. The first-order valence-corrected chi connectivity index (χ1v) is 12.1. The minimum absolute atomic E-state index is 0.0746. The molecular formula is C27H32N6O3. The Labute approximate surface area is 211 Å². The molecule has 188 valence electrons. The number of rotatable bonds is 6. The predicted molar refractivity (Wildman–Crippen MR) is 140 cm³/mol. The predicted octanol–water partition coefficient (Wildman–Crippen LogP) is 4.58. The number of hydrogen-bond donors (Lipinski definition) is 1. The molecule has 0 aliphatic carbocycles. The molecule has 1 N–H and O–H groups in total. The second kappa shape index (κ2) is 10.7. The van der Waals surface area contributed by atoms with E-state index in [1.807, 2.05) is 45.0 Å². The van der Waals surface area contributed by atoms with Gasteiger partial charge in [-0.2, -0.15) is 5.26 Å². The van der Waals surface area contributed by atoms with Crippen molar-refractivity contribution >= 4 is 28.5 Å². The van der Waals surface area contributed by atoms with Crippen LogP contribution < -0.4 is 15.0 Å². The first kappa shape index (κ1) is 25.0. The molecule has 36 heavy (non-hydrogen) atoms. The van der Waals surface area contributed by atoms with Gasteiger partial charge in [0.1, 0.15) is 17.4 Å². The molecule has 2 aromatic carbocycles. The van der Waals surface area contributed by atoms with Crippen LogP contribution in [0.4, 0.5) is 16.3 Å². The molecule has 1 unspecified atom stereocenters. The summed E-state index contributed by atoms with van der Waals surface area (Å²) in [5.41, 5.74) is 4.38. The van der Waals surface area contributed by atoms with Crippen LogP contribution in [-0.4, -0.2) is 60.9 Å². The minimum atomic E-state index is -0.275. The number of carbonyl (C=O) groups excluding carboxylic acids is 1. The van der Waals surface area contributed by atoms with Crippen LogP contribution >= 0.6 is 0 Å². The van der Waals surface area contributed by atoms with Crippen LogP contribution in [0.2, 0.25) is 0 Å². The van der Waals surface area contributed by atoms with Crippen molar-refractivity contribution in [3.63, 3.8) is 0 Å². The van der Waals surface area contributed by atoms with E-state index in [0.29, 0.717) is 44.2 Å². The number of methoxy groups -OCH3 is 1. The Bertz CT molecular complexity index is 1310. The number of aromatic nitrogens is 2. The lowest BCUT2D eigenvalue weighted by Gasteiger charge is -2.36. The summed E-state index contributed by atoms with van der Waals surface area (Å²) in [5.74, 6) is 2.10. The van der Waals surface area contributed by atoms with Gasteiger partial charge in [0.05, 0.1) is 42.6 Å². The van der Waals surface area contributed by atoms with E-state index in [1.165, 1.54) is 0 Å². The van der Waals surface area contributed by atoms with E-state index in [-0.39, 0.29) is 12.1 Å². The molecule has 1 aliphatic heterocycles. The van der Waals surface area contributed by atoms with Crippen molar-refractivity contribution in [1.82, 2.24) is 14.9 Å². The van der Waals surface area contributed by atoms with Gasteiger partial charge in [0.2, 0.25) is 0 Å². The van der Waals surface area contributed by atoms with Crippen LogP contribution in [0.5, 0.6) is 5.75 Å². The van der Waals surface area contributed by atoms with Crippen molar-refractivity contribution < 1.29 is 14.3 Å². The molecule has 9 heteroatoms. The fourth-order valence-corrected chi connectivity index (χ4v) is 4.65. The van der Waals surface area contributed by atoms with Gasteiger partial charge in [-0.05, 0) is 51.0 Å². The number of fused-ring (bicyclic) bond motifs is 1. The zero-order chi connectivity index (χ0) is 25.8. The summed E-state index contributed by atoms with van der Waals surface area (Å²) < 4.78 is 10.9. The molecule has 0 radical (unpaired) electrons. The van der Waals surface area contributed by atoms with E-state index in [1.54, 1.807) is 12.0 Å². The zero-order valence-corrected chi connectivity index (χ0v) is 21.5. The van der Waals surface area contributed by atoms with Crippen molar-refractivity contribution in [3.05, 3.63) is 52.8 Å². The quantitative estimate of drug-likeness (QED) is 0.538. The maximum Gasteiger partial charge on any atom is 0.409 e. The highest BCUT2D eigenvalue weighted by Crippen LogP contribution is 2.36. The van der Waals surface area contributed by atoms with Crippen molar-refractivity contribution in [3.8, 4) is 11.8 Å². The third-order valence-electron chi connectivity index (χ3n) is 6.57. The number of aryl methyl sites for hydroxylation is 1. The van der Waals surface area contributed by atoms with Crippen molar-refractivity contribution in [2.24, 2.45) is 0 Å². The number of nitrogens with zero attached hydrogens (tertiary/aromatic N) is 5. The normalized spacial score (nSPS) is 14.3. The Morgan fingerprint density at radius 3 is 2.61 bits per heavy atom. The van der Waals surface area contributed by atoms with Crippen LogP contribution in [0.3, 0.4) is 0 Å². The molecule has 0 spiro atoms. The molecule has 1 fully saturated rings. The summed E-state index contributed by atoms with van der Waals surface area (Å²) in [5, 5.41) is 13.9. The van der Waals surface area contributed by atoms with Gasteiger partial charge >= 0.3 is 6.09 Å². The lowest BCUT2D eigenvalue weighted by atomic mass is 9.98. The summed E-state index contributed by atoms with van der Waals surface area (Å²) in [6, 6.07) is 11.9. The Balaban J connectivity index is 1.67. The van der Waals surface area contributed by atoms with Crippen molar-refractivity contribution in [2.45, 2.75) is 33.7 Å². The topological polar surface area (TPSA) is 104 Å². The SMILES string of the molecule is CCOC(=O)N1CCN(c2cc3c(NC(C)c4cccc(C#N)c4C)nc(C)nc3cc2OC)CC1. The third-order valence-corrected chi connectivity index (χ3v) is 6.57. The molecule has 1 atom stereocenters. The lowest BCUT2D eigenvalue weighted by Crippen LogP contribution is -2.49. The Morgan fingerprint density at radius 2 is 1.94 bits per heavy atom. The molecule has 1 amide bonds. The Kier molecular flexibility index (Phi) is 7.44. The van der Waals surface area contributed by atoms with E-state index in [2.05, 4.69) is 34.3 Å². The molecule has 1 aliphatic rings. The van der Waals surface area contributed by atoms with Crippen LogP contribution in [-0.2, 0) is 4.74 Å². The molecular weight excluding hydrogens is 456 g/mol. The summed E-state index contributed by atoms with van der Waals surface area (Å²) in [6.45, 7) is 10.5. The van der Waals surface area contributed by atoms with Gasteiger partial charge in [-0.3, -0.25) is 0 Å². The summed E-state index contributed by atoms with van der Waals surface area (Å²) in [6.07, 6.45) is -0.275. The first-order chi connectivity index (χ1) is 17.4. The van der Waals surface area contributed by atoms with Gasteiger partial charge in [0.15, 0.2) is 0 Å². The number of piperazine rings is 1. The van der Waals surface area contributed by atoms with E-state index in [9.17, 15) is 10.1 Å². The van der Waals surface area contributed by atoms with Gasteiger partial charge < -0.3 is 24.6 Å². The van der Waals surface area contributed by atoms with Crippen molar-refractivity contribution in [1.29, 1.82) is 5.26 Å². The number of anilines is 2. The van der Waals surface area contributed by atoms with Crippen LogP contribution in [0, 0.1) is 25.2 Å². The molecule has 2 heterocycles. The highest BCUT2D eigenvalue weighted by Gasteiger charge is 2.25. The zero-order valence-electron chi connectivity index (χ0n) is 21.5. The minimum Gasteiger partial charge on any atom is -0.495 e. The number of nitriles is 1. The average Bonchev–Trinajstić information content (AvgIpc) is 2.88.